The van der Waals surface area contributed by atoms with Crippen LogP contribution in [0.15, 0.2) is 36.6 Å². The highest BCUT2D eigenvalue weighted by Gasteiger charge is 2.56. The molecule has 0 aliphatic carbocycles. The largest absolute Gasteiger partial charge is 0.489 e. The van der Waals surface area contributed by atoms with Crippen LogP contribution in [0.2, 0.25) is 0 Å². The number of rotatable bonds is 11. The fraction of sp³-hybridized carbons (Fsp3) is 0.829. The predicted molar refractivity (Wildman–Crippen MR) is 202 cm³/mol. The number of fused-ring (bicyclic) bond motifs is 2. The molecule has 0 aromatic rings. The summed E-state index contributed by atoms with van der Waals surface area (Å²) >= 11 is 0. The van der Waals surface area contributed by atoms with Gasteiger partial charge < -0.3 is 53.6 Å². The van der Waals surface area contributed by atoms with Crippen LogP contribution in [0.1, 0.15) is 94.9 Å². The summed E-state index contributed by atoms with van der Waals surface area (Å²) in [4.78, 5) is 16.3. The average molecular weight is 768 g/mol. The molecule has 0 amide bonds. The summed E-state index contributed by atoms with van der Waals surface area (Å²) in [5.74, 6) is -2.42. The third kappa shape index (κ3) is 8.96. The number of methoxy groups -OCH3 is 1. The lowest BCUT2D eigenvalue weighted by Crippen LogP contribution is -2.61. The number of cyclic esters (lactones) is 1. The van der Waals surface area contributed by atoms with Gasteiger partial charge in [0.2, 0.25) is 0 Å². The second-order valence-corrected chi connectivity index (χ2v) is 16.9. The van der Waals surface area contributed by atoms with E-state index in [9.17, 15) is 25.2 Å². The highest BCUT2D eigenvalue weighted by molar-refractivity contribution is 5.73. The SMILES string of the molecule is C=CCN(CC=C)[C@H]1C[C@@H](C)O[C@@H](O[C@@H]2[C@@H](C)[C@H](O[C@H]3C[C@@](C)(OC)[C@@H](O)[C@H](C)O3)[C@@H](C)C(=O)O[C@H](CC)[C@@](C)(O)[C@H](O)[C@@H](C)C3=C(C)C[C@@]2(C)O3)[C@@H]1O. The van der Waals surface area contributed by atoms with Crippen LogP contribution in [0.4, 0.5) is 0 Å². The smallest absolute Gasteiger partial charge is 0.311 e. The lowest BCUT2D eigenvalue weighted by Gasteiger charge is -2.49. The lowest BCUT2D eigenvalue weighted by atomic mass is 9.78. The molecule has 0 saturated carbocycles. The Labute approximate surface area is 322 Å². The van der Waals surface area contributed by atoms with Crippen LogP contribution in [-0.4, -0.2) is 136 Å². The van der Waals surface area contributed by atoms with E-state index < -0.39 is 95.8 Å². The number of hydrogen-bond donors (Lipinski definition) is 4. The molecule has 310 valence electrons. The molecule has 17 atom stereocenters. The quantitative estimate of drug-likeness (QED) is 0.176. The molecule has 0 unspecified atom stereocenters. The van der Waals surface area contributed by atoms with Gasteiger partial charge in [0.25, 0.3) is 0 Å². The molecule has 4 rings (SSSR count). The van der Waals surface area contributed by atoms with Crippen LogP contribution in [0.25, 0.3) is 0 Å². The maximum atomic E-state index is 14.2. The van der Waals surface area contributed by atoms with Crippen molar-refractivity contribution in [1.29, 1.82) is 0 Å². The number of hydrogen-bond acceptors (Lipinski definition) is 13. The zero-order chi connectivity index (χ0) is 40.5. The van der Waals surface area contributed by atoms with Gasteiger partial charge in [-0.05, 0) is 66.9 Å². The van der Waals surface area contributed by atoms with Gasteiger partial charge in [-0.1, -0.05) is 32.9 Å². The van der Waals surface area contributed by atoms with E-state index in [-0.39, 0.29) is 25.0 Å². The molecule has 2 bridgehead atoms. The minimum absolute atomic E-state index is 0.159. The van der Waals surface area contributed by atoms with Crippen LogP contribution < -0.4 is 0 Å². The van der Waals surface area contributed by atoms with Crippen molar-refractivity contribution >= 4 is 5.97 Å². The highest BCUT2D eigenvalue weighted by atomic mass is 16.7. The fourth-order valence-electron chi connectivity index (χ4n) is 9.25. The molecule has 54 heavy (non-hydrogen) atoms. The predicted octanol–water partition coefficient (Wildman–Crippen LogP) is 4.00. The Bertz CT molecular complexity index is 1330. The summed E-state index contributed by atoms with van der Waals surface area (Å²) in [5, 5.41) is 46.4. The van der Waals surface area contributed by atoms with Gasteiger partial charge in [0.15, 0.2) is 12.6 Å². The van der Waals surface area contributed by atoms with Crippen LogP contribution >= 0.6 is 0 Å². The number of aliphatic hydroxyl groups is 4. The molecule has 0 spiro atoms. The molecule has 3 saturated heterocycles. The number of aliphatic hydroxyl groups excluding tert-OH is 3. The molecule has 0 radical (unpaired) electrons. The van der Waals surface area contributed by atoms with Crippen molar-refractivity contribution in [3.63, 3.8) is 0 Å². The van der Waals surface area contributed by atoms with Gasteiger partial charge in [-0.25, -0.2) is 0 Å². The molecule has 3 fully saturated rings. The molecular weight excluding hydrogens is 698 g/mol. The Balaban J connectivity index is 1.84. The molecule has 4 aliphatic rings. The Kier molecular flexibility index (Phi) is 14.7. The monoisotopic (exact) mass is 767 g/mol. The van der Waals surface area contributed by atoms with Gasteiger partial charge >= 0.3 is 5.97 Å². The normalized spacial score (nSPS) is 46.6. The molecule has 4 N–H and O–H groups in total. The number of carbonyl (C=O) groups is 1. The van der Waals surface area contributed by atoms with E-state index in [0.29, 0.717) is 31.7 Å². The zero-order valence-electron chi connectivity index (χ0n) is 34.4. The second-order valence-electron chi connectivity index (χ2n) is 16.9. The van der Waals surface area contributed by atoms with E-state index in [1.807, 2.05) is 27.7 Å². The first kappa shape index (κ1) is 44.8. The summed E-state index contributed by atoms with van der Waals surface area (Å²) in [6.45, 7) is 26.8. The Morgan fingerprint density at radius 2 is 1.59 bits per heavy atom. The molecule has 13 nitrogen and oxygen atoms in total. The lowest BCUT2D eigenvalue weighted by molar-refractivity contribution is -0.317. The van der Waals surface area contributed by atoms with Crippen molar-refractivity contribution in [3.05, 3.63) is 36.6 Å². The van der Waals surface area contributed by atoms with E-state index in [1.54, 1.807) is 46.8 Å². The first-order valence-electron chi connectivity index (χ1n) is 19.7. The van der Waals surface area contributed by atoms with E-state index in [2.05, 4.69) is 18.1 Å². The minimum atomic E-state index is -1.84. The van der Waals surface area contributed by atoms with Crippen molar-refractivity contribution in [1.82, 2.24) is 4.90 Å². The second kappa shape index (κ2) is 17.7. The standard InChI is InChI=1S/C41H69NO12/c1-14-17-42(18-15-2)28-19-23(5)49-38(31(28)43)53-36-25(7)33(52-30-21-39(10,48-13)35(45)27(9)50-30)26(8)37(46)51-29(16-3)41(12,47)34(44)24(6)32-22(4)20-40(36,11)54-32/h14-15,23-31,33-36,38,43-45,47H,1-2,16-21H2,3-13H3/t23-,24+,25+,26-,27+,28+,29-,30+,31-,33+,34-,35+,36-,38+,39-,40-,41-/m1/s1. The molecule has 13 heteroatoms. The fourth-order valence-corrected chi connectivity index (χ4v) is 9.25. The van der Waals surface area contributed by atoms with Gasteiger partial charge in [0.05, 0.1) is 35.9 Å². The number of ether oxygens (including phenoxy) is 7. The van der Waals surface area contributed by atoms with Gasteiger partial charge in [-0.15, -0.1) is 13.2 Å². The Morgan fingerprint density at radius 3 is 2.17 bits per heavy atom. The summed E-state index contributed by atoms with van der Waals surface area (Å²) in [6, 6.07) is -0.341. The van der Waals surface area contributed by atoms with E-state index in [1.165, 1.54) is 14.0 Å². The van der Waals surface area contributed by atoms with Crippen molar-refractivity contribution in [2.45, 2.75) is 179 Å². The molecule has 4 aliphatic heterocycles. The first-order valence-corrected chi connectivity index (χ1v) is 19.7. The number of carbonyl (C=O) groups excluding carboxylic acids is 1. The summed E-state index contributed by atoms with van der Waals surface area (Å²) in [6.07, 6.45) is -4.30. The molecule has 4 heterocycles. The maximum Gasteiger partial charge on any atom is 0.311 e. The number of nitrogens with zero attached hydrogens (tertiary/aromatic N) is 1. The van der Waals surface area contributed by atoms with Gasteiger partial charge in [0, 0.05) is 50.9 Å². The van der Waals surface area contributed by atoms with Crippen LogP contribution in [0.3, 0.4) is 0 Å². The molecule has 0 aromatic carbocycles. The molecular formula is C41H69NO12. The van der Waals surface area contributed by atoms with Crippen molar-refractivity contribution in [2.24, 2.45) is 17.8 Å². The average Bonchev–Trinajstić information content (AvgIpc) is 3.44. The van der Waals surface area contributed by atoms with Crippen molar-refractivity contribution < 1.29 is 58.4 Å². The van der Waals surface area contributed by atoms with E-state index in [0.717, 1.165) is 5.57 Å². The third-order valence-corrected chi connectivity index (χ3v) is 12.5. The minimum Gasteiger partial charge on any atom is -0.489 e. The summed E-state index contributed by atoms with van der Waals surface area (Å²) in [7, 11) is 1.52. The zero-order valence-corrected chi connectivity index (χ0v) is 34.4. The Hall–Kier alpha value is -1.91. The summed E-state index contributed by atoms with van der Waals surface area (Å²) in [5.41, 5.74) is -3.09. The van der Waals surface area contributed by atoms with Crippen molar-refractivity contribution in [2.75, 3.05) is 20.2 Å². The topological polar surface area (TPSA) is 166 Å². The first-order chi connectivity index (χ1) is 25.2. The number of esters is 1. The Morgan fingerprint density at radius 1 is 0.963 bits per heavy atom. The van der Waals surface area contributed by atoms with Crippen LogP contribution in [0.5, 0.6) is 0 Å². The van der Waals surface area contributed by atoms with E-state index in [4.69, 9.17) is 33.2 Å². The van der Waals surface area contributed by atoms with E-state index >= 15 is 0 Å². The third-order valence-electron chi connectivity index (χ3n) is 12.5. The summed E-state index contributed by atoms with van der Waals surface area (Å²) < 4.78 is 45.0. The van der Waals surface area contributed by atoms with Gasteiger partial charge in [-0.2, -0.15) is 0 Å². The van der Waals surface area contributed by atoms with Crippen LogP contribution in [-0.2, 0) is 38.0 Å². The van der Waals surface area contributed by atoms with Gasteiger partial charge in [0.1, 0.15) is 41.4 Å². The highest BCUT2D eigenvalue weighted by Crippen LogP contribution is 2.47. The molecule has 0 aromatic heterocycles. The van der Waals surface area contributed by atoms with Crippen LogP contribution in [0, 0.1) is 17.8 Å². The maximum absolute atomic E-state index is 14.2. The van der Waals surface area contributed by atoms with Crippen molar-refractivity contribution in [3.8, 4) is 0 Å². The van der Waals surface area contributed by atoms with Gasteiger partial charge in [-0.3, -0.25) is 9.69 Å².